The van der Waals surface area contributed by atoms with Crippen molar-refractivity contribution in [3.8, 4) is 11.4 Å². The smallest absolute Gasteiger partial charge is 0.138 e. The lowest BCUT2D eigenvalue weighted by atomic mass is 10.1. The molecular weight excluding hydrogens is 264 g/mol. The number of aromatic nitrogens is 2. The molecule has 82 valence electrons. The molecule has 1 aromatic heterocycles. The Labute approximate surface area is 103 Å². The van der Waals surface area contributed by atoms with Crippen molar-refractivity contribution in [1.82, 2.24) is 9.97 Å². The minimum Gasteiger partial charge on any atom is -0.342 e. The highest BCUT2D eigenvalue weighted by Crippen LogP contribution is 2.40. The van der Waals surface area contributed by atoms with Crippen LogP contribution in [0.15, 0.2) is 28.9 Å². The fraction of sp³-hybridized carbons (Fsp3) is 0.308. The first-order chi connectivity index (χ1) is 7.75. The number of nitrogens with one attached hydrogen (secondary N) is 1. The Hall–Kier alpha value is -1.09. The molecule has 0 bridgehead atoms. The second kappa shape index (κ2) is 3.74. The van der Waals surface area contributed by atoms with Crippen molar-refractivity contribution in [2.75, 3.05) is 0 Å². The molecule has 16 heavy (non-hydrogen) atoms. The Morgan fingerprint density at radius 3 is 2.88 bits per heavy atom. The van der Waals surface area contributed by atoms with E-state index < -0.39 is 0 Å². The van der Waals surface area contributed by atoms with Crippen LogP contribution in [0.4, 0.5) is 0 Å². The number of aryl methyl sites for hydroxylation is 1. The zero-order valence-electron chi connectivity index (χ0n) is 9.13. The first-order valence-corrected chi connectivity index (χ1v) is 6.35. The van der Waals surface area contributed by atoms with E-state index in [1.165, 1.54) is 29.7 Å². The number of aromatic amines is 1. The summed E-state index contributed by atoms with van der Waals surface area (Å²) >= 11 is 3.59. The molecule has 2 nitrogen and oxygen atoms in total. The Morgan fingerprint density at radius 2 is 2.19 bits per heavy atom. The number of H-pyrrole nitrogens is 1. The maximum atomic E-state index is 4.48. The van der Waals surface area contributed by atoms with E-state index in [0.717, 1.165) is 16.2 Å². The van der Waals surface area contributed by atoms with Crippen LogP contribution in [0, 0.1) is 6.92 Å². The van der Waals surface area contributed by atoms with Crippen LogP contribution in [0.25, 0.3) is 11.4 Å². The van der Waals surface area contributed by atoms with Crippen LogP contribution in [0.2, 0.25) is 0 Å². The molecule has 2 aromatic rings. The van der Waals surface area contributed by atoms with Gasteiger partial charge in [-0.3, -0.25) is 0 Å². The second-order valence-electron chi connectivity index (χ2n) is 4.39. The summed E-state index contributed by atoms with van der Waals surface area (Å²) in [4.78, 5) is 7.92. The summed E-state index contributed by atoms with van der Waals surface area (Å²) in [6, 6.07) is 6.22. The third-order valence-corrected chi connectivity index (χ3v) is 3.73. The Kier molecular flexibility index (Phi) is 2.36. The van der Waals surface area contributed by atoms with Gasteiger partial charge >= 0.3 is 0 Å². The molecule has 0 amide bonds. The highest BCUT2D eigenvalue weighted by molar-refractivity contribution is 9.10. The molecule has 0 unspecified atom stereocenters. The van der Waals surface area contributed by atoms with Crippen molar-refractivity contribution < 1.29 is 0 Å². The summed E-state index contributed by atoms with van der Waals surface area (Å²) in [5, 5.41) is 0. The van der Waals surface area contributed by atoms with Crippen molar-refractivity contribution >= 4 is 15.9 Å². The molecule has 1 saturated carbocycles. The number of hydrogen-bond acceptors (Lipinski definition) is 1. The van der Waals surface area contributed by atoms with Crippen LogP contribution in [0.5, 0.6) is 0 Å². The van der Waals surface area contributed by atoms with Crippen LogP contribution in [-0.4, -0.2) is 9.97 Å². The van der Waals surface area contributed by atoms with Crippen molar-refractivity contribution in [1.29, 1.82) is 0 Å². The lowest BCUT2D eigenvalue weighted by molar-refractivity contribution is 1.05. The predicted octanol–water partition coefficient (Wildman–Crippen LogP) is 4.03. The van der Waals surface area contributed by atoms with Crippen LogP contribution in [-0.2, 0) is 0 Å². The average molecular weight is 277 g/mol. The molecule has 0 radical (unpaired) electrons. The summed E-state index contributed by atoms with van der Waals surface area (Å²) in [7, 11) is 0. The van der Waals surface area contributed by atoms with Crippen molar-refractivity contribution in [3.63, 3.8) is 0 Å². The fourth-order valence-corrected chi connectivity index (χ4v) is 2.65. The molecule has 3 rings (SSSR count). The number of rotatable bonds is 2. The molecule has 1 heterocycles. The lowest BCUT2D eigenvalue weighted by Crippen LogP contribution is -1.87. The second-order valence-corrected chi connectivity index (χ2v) is 5.25. The van der Waals surface area contributed by atoms with Gasteiger partial charge < -0.3 is 4.98 Å². The Balaban J connectivity index is 2.06. The van der Waals surface area contributed by atoms with Gasteiger partial charge in [0, 0.05) is 27.8 Å². The molecule has 1 aliphatic carbocycles. The van der Waals surface area contributed by atoms with Gasteiger partial charge in [-0.2, -0.15) is 0 Å². The fourth-order valence-electron chi connectivity index (χ4n) is 2.00. The van der Waals surface area contributed by atoms with Crippen molar-refractivity contribution in [2.24, 2.45) is 0 Å². The van der Waals surface area contributed by atoms with Gasteiger partial charge in [0.1, 0.15) is 5.82 Å². The van der Waals surface area contributed by atoms with E-state index in [4.69, 9.17) is 0 Å². The van der Waals surface area contributed by atoms with Crippen LogP contribution >= 0.6 is 15.9 Å². The van der Waals surface area contributed by atoms with E-state index >= 15 is 0 Å². The van der Waals surface area contributed by atoms with Gasteiger partial charge in [0.15, 0.2) is 0 Å². The molecule has 3 heteroatoms. The molecule has 1 N–H and O–H groups in total. The SMILES string of the molecule is Cc1cccc(Br)c1-c1ncc(C2CC2)[nH]1. The molecule has 1 aromatic carbocycles. The van der Waals surface area contributed by atoms with Gasteiger partial charge in [0.05, 0.1) is 0 Å². The van der Waals surface area contributed by atoms with Gasteiger partial charge in [0.25, 0.3) is 0 Å². The third-order valence-electron chi connectivity index (χ3n) is 3.07. The minimum absolute atomic E-state index is 0.726. The van der Waals surface area contributed by atoms with E-state index in [-0.39, 0.29) is 0 Å². The van der Waals surface area contributed by atoms with E-state index in [2.05, 4.69) is 45.0 Å². The summed E-state index contributed by atoms with van der Waals surface area (Å²) in [6.45, 7) is 2.11. The first kappa shape index (κ1) is 10.1. The van der Waals surface area contributed by atoms with Gasteiger partial charge in [-0.1, -0.05) is 28.1 Å². The lowest BCUT2D eigenvalue weighted by Gasteiger charge is -2.04. The summed E-state index contributed by atoms with van der Waals surface area (Å²) in [5.41, 5.74) is 3.70. The molecule has 1 aliphatic rings. The van der Waals surface area contributed by atoms with E-state index in [1.807, 2.05) is 12.3 Å². The van der Waals surface area contributed by atoms with E-state index in [1.54, 1.807) is 0 Å². The molecule has 0 aliphatic heterocycles. The average Bonchev–Trinajstić information content (AvgIpc) is 2.99. The number of benzene rings is 1. The number of hydrogen-bond donors (Lipinski definition) is 1. The zero-order chi connectivity index (χ0) is 11.1. The van der Waals surface area contributed by atoms with Crippen LogP contribution in [0.3, 0.4) is 0 Å². The summed E-state index contributed by atoms with van der Waals surface area (Å²) in [6.07, 6.45) is 4.58. The van der Waals surface area contributed by atoms with Crippen molar-refractivity contribution in [2.45, 2.75) is 25.7 Å². The summed E-state index contributed by atoms with van der Waals surface area (Å²) in [5.74, 6) is 1.70. The topological polar surface area (TPSA) is 28.7 Å². The van der Waals surface area contributed by atoms with Gasteiger partial charge in [-0.25, -0.2) is 4.98 Å². The largest absolute Gasteiger partial charge is 0.342 e. The predicted molar refractivity (Wildman–Crippen MR) is 68.4 cm³/mol. The quantitative estimate of drug-likeness (QED) is 0.882. The molecule has 0 spiro atoms. The standard InChI is InChI=1S/C13H13BrN2/c1-8-3-2-4-10(14)12(8)13-15-7-11(16-13)9-5-6-9/h2-4,7,9H,5-6H2,1H3,(H,15,16). The van der Waals surface area contributed by atoms with E-state index in [9.17, 15) is 0 Å². The van der Waals surface area contributed by atoms with Crippen LogP contribution in [0.1, 0.15) is 30.0 Å². The van der Waals surface area contributed by atoms with Crippen molar-refractivity contribution in [3.05, 3.63) is 40.1 Å². The Morgan fingerprint density at radius 1 is 1.38 bits per heavy atom. The highest BCUT2D eigenvalue weighted by Gasteiger charge is 2.25. The van der Waals surface area contributed by atoms with Gasteiger partial charge in [0.2, 0.25) is 0 Å². The maximum absolute atomic E-state index is 4.48. The third kappa shape index (κ3) is 1.69. The highest BCUT2D eigenvalue weighted by atomic mass is 79.9. The normalized spacial score (nSPS) is 15.4. The van der Waals surface area contributed by atoms with E-state index in [0.29, 0.717) is 0 Å². The molecule has 0 atom stereocenters. The zero-order valence-corrected chi connectivity index (χ0v) is 10.7. The monoisotopic (exact) mass is 276 g/mol. The van der Waals surface area contributed by atoms with Gasteiger partial charge in [-0.05, 0) is 31.4 Å². The Bertz CT molecular complexity index is 506. The van der Waals surface area contributed by atoms with Gasteiger partial charge in [-0.15, -0.1) is 0 Å². The number of imidazole rings is 1. The number of halogens is 1. The van der Waals surface area contributed by atoms with Crippen LogP contribution < -0.4 is 0 Å². The molecular formula is C13H13BrN2. The molecule has 0 saturated heterocycles. The first-order valence-electron chi connectivity index (χ1n) is 5.56. The number of nitrogens with zero attached hydrogens (tertiary/aromatic N) is 1. The minimum atomic E-state index is 0.726. The summed E-state index contributed by atoms with van der Waals surface area (Å²) < 4.78 is 1.10. The maximum Gasteiger partial charge on any atom is 0.138 e. The molecule has 1 fully saturated rings.